The van der Waals surface area contributed by atoms with Crippen molar-refractivity contribution in [1.82, 2.24) is 9.29 Å². The molecule has 21 heavy (non-hydrogen) atoms. The van der Waals surface area contributed by atoms with Crippen molar-refractivity contribution >= 4 is 10.0 Å². The lowest BCUT2D eigenvalue weighted by Gasteiger charge is -2.15. The van der Waals surface area contributed by atoms with Crippen molar-refractivity contribution in [2.24, 2.45) is 5.73 Å². The molecule has 0 fully saturated rings. The molecule has 0 spiro atoms. The van der Waals surface area contributed by atoms with Crippen LogP contribution in [-0.2, 0) is 16.6 Å². The lowest BCUT2D eigenvalue weighted by Crippen LogP contribution is -2.35. The molecular formula is C12H20F3N3O2S. The van der Waals surface area contributed by atoms with Crippen LogP contribution in [0.2, 0.25) is 0 Å². The van der Waals surface area contributed by atoms with E-state index in [1.165, 1.54) is 19.2 Å². The number of nitrogens with zero attached hydrogens (tertiary/aromatic N) is 1. The van der Waals surface area contributed by atoms with E-state index < -0.39 is 28.7 Å². The van der Waals surface area contributed by atoms with Crippen molar-refractivity contribution in [3.8, 4) is 0 Å². The first-order valence-electron chi connectivity index (χ1n) is 6.46. The largest absolute Gasteiger partial charge is 0.390 e. The van der Waals surface area contributed by atoms with Gasteiger partial charge in [-0.15, -0.1) is 0 Å². The van der Waals surface area contributed by atoms with Crippen LogP contribution in [0.1, 0.15) is 38.9 Å². The number of nitrogens with two attached hydrogens (primary N) is 1. The molecule has 9 heteroatoms. The van der Waals surface area contributed by atoms with Crippen molar-refractivity contribution in [2.45, 2.75) is 56.9 Å². The van der Waals surface area contributed by atoms with Crippen LogP contribution in [-0.4, -0.2) is 25.2 Å². The number of halogens is 3. The Balaban J connectivity index is 2.98. The molecule has 0 amide bonds. The van der Waals surface area contributed by atoms with Crippen LogP contribution in [0.25, 0.3) is 0 Å². The van der Waals surface area contributed by atoms with Gasteiger partial charge in [0.05, 0.1) is 11.3 Å². The van der Waals surface area contributed by atoms with Gasteiger partial charge in [-0.2, -0.15) is 13.2 Å². The normalized spacial score (nSPS) is 14.7. The van der Waals surface area contributed by atoms with Gasteiger partial charge in [0.25, 0.3) is 0 Å². The van der Waals surface area contributed by atoms with Crippen molar-refractivity contribution < 1.29 is 21.6 Å². The zero-order valence-electron chi connectivity index (χ0n) is 12.1. The topological polar surface area (TPSA) is 77.1 Å². The van der Waals surface area contributed by atoms with Crippen LogP contribution in [0.5, 0.6) is 0 Å². The van der Waals surface area contributed by atoms with Gasteiger partial charge in [0.1, 0.15) is 0 Å². The SMILES string of the molecule is CC(CC(F)(F)F)NS(=O)(=O)c1cc(CN)n(C(C)C)c1. The van der Waals surface area contributed by atoms with Crippen LogP contribution in [0.4, 0.5) is 13.2 Å². The highest BCUT2D eigenvalue weighted by Crippen LogP contribution is 2.23. The Morgan fingerprint density at radius 1 is 1.33 bits per heavy atom. The van der Waals surface area contributed by atoms with Crippen molar-refractivity contribution in [3.05, 3.63) is 18.0 Å². The lowest BCUT2D eigenvalue weighted by molar-refractivity contribution is -0.137. The first-order valence-corrected chi connectivity index (χ1v) is 7.94. The molecule has 1 unspecified atom stereocenters. The minimum atomic E-state index is -4.42. The minimum absolute atomic E-state index is 0.0000913. The smallest absolute Gasteiger partial charge is 0.346 e. The van der Waals surface area contributed by atoms with Gasteiger partial charge >= 0.3 is 6.18 Å². The fourth-order valence-electron chi connectivity index (χ4n) is 2.01. The van der Waals surface area contributed by atoms with Crippen molar-refractivity contribution in [1.29, 1.82) is 0 Å². The summed E-state index contributed by atoms with van der Waals surface area (Å²) >= 11 is 0. The molecule has 0 saturated heterocycles. The molecule has 0 aromatic carbocycles. The maximum Gasteiger partial charge on any atom is 0.390 e. The summed E-state index contributed by atoms with van der Waals surface area (Å²) in [7, 11) is -4.00. The molecule has 5 nitrogen and oxygen atoms in total. The first kappa shape index (κ1) is 18.0. The van der Waals surface area contributed by atoms with E-state index in [0.717, 1.165) is 0 Å². The van der Waals surface area contributed by atoms with E-state index in [2.05, 4.69) is 0 Å². The number of nitrogens with one attached hydrogen (secondary N) is 1. The highest BCUT2D eigenvalue weighted by Gasteiger charge is 2.32. The maximum atomic E-state index is 12.3. The first-order chi connectivity index (χ1) is 9.46. The molecule has 0 saturated carbocycles. The van der Waals surface area contributed by atoms with E-state index >= 15 is 0 Å². The number of hydrogen-bond acceptors (Lipinski definition) is 3. The molecule has 0 aliphatic rings. The van der Waals surface area contributed by atoms with Crippen LogP contribution < -0.4 is 10.5 Å². The van der Waals surface area contributed by atoms with Crippen molar-refractivity contribution in [3.63, 3.8) is 0 Å². The van der Waals surface area contributed by atoms with Gasteiger partial charge in [-0.25, -0.2) is 13.1 Å². The van der Waals surface area contributed by atoms with Crippen LogP contribution in [0.3, 0.4) is 0 Å². The summed E-state index contributed by atoms with van der Waals surface area (Å²) in [5.74, 6) is 0. The van der Waals surface area contributed by atoms with Gasteiger partial charge in [0, 0.05) is 30.5 Å². The fraction of sp³-hybridized carbons (Fsp3) is 0.667. The van der Waals surface area contributed by atoms with Gasteiger partial charge in [-0.1, -0.05) is 0 Å². The molecule has 0 bridgehead atoms. The Labute approximate surface area is 122 Å². The van der Waals surface area contributed by atoms with Crippen LogP contribution in [0, 0.1) is 0 Å². The third-order valence-electron chi connectivity index (χ3n) is 2.88. The fourth-order valence-corrected chi connectivity index (χ4v) is 3.30. The second-order valence-corrected chi connectivity index (χ2v) is 6.93. The maximum absolute atomic E-state index is 12.3. The van der Waals surface area contributed by atoms with E-state index in [9.17, 15) is 21.6 Å². The second kappa shape index (κ2) is 6.37. The Bertz CT molecular complexity index is 579. The Kier molecular flexibility index (Phi) is 5.46. The highest BCUT2D eigenvalue weighted by atomic mass is 32.2. The standard InChI is InChI=1S/C12H20F3N3O2S/c1-8(2)18-7-11(4-10(18)6-16)21(19,20)17-9(3)5-12(13,14)15/h4,7-9,17H,5-6,16H2,1-3H3. The van der Waals surface area contributed by atoms with Gasteiger partial charge in [0.2, 0.25) is 10.0 Å². The predicted molar refractivity (Wildman–Crippen MR) is 73.2 cm³/mol. The summed E-state index contributed by atoms with van der Waals surface area (Å²) in [6.45, 7) is 5.03. The van der Waals surface area contributed by atoms with Crippen molar-refractivity contribution in [2.75, 3.05) is 0 Å². The summed E-state index contributed by atoms with van der Waals surface area (Å²) in [5.41, 5.74) is 6.15. The molecule has 0 aliphatic heterocycles. The molecule has 1 aromatic rings. The average molecular weight is 327 g/mol. The summed E-state index contributed by atoms with van der Waals surface area (Å²) in [6.07, 6.45) is -4.26. The van der Waals surface area contributed by atoms with E-state index in [1.807, 2.05) is 18.6 Å². The zero-order valence-corrected chi connectivity index (χ0v) is 12.9. The molecule has 3 N–H and O–H groups in total. The Morgan fingerprint density at radius 2 is 1.90 bits per heavy atom. The van der Waals surface area contributed by atoms with E-state index in [0.29, 0.717) is 5.69 Å². The number of rotatable bonds is 6. The van der Waals surface area contributed by atoms with E-state index in [1.54, 1.807) is 4.57 Å². The third-order valence-corrected chi connectivity index (χ3v) is 4.43. The van der Waals surface area contributed by atoms with Gasteiger partial charge < -0.3 is 10.3 Å². The van der Waals surface area contributed by atoms with Gasteiger partial charge in [-0.05, 0) is 26.8 Å². The van der Waals surface area contributed by atoms with Crippen LogP contribution >= 0.6 is 0 Å². The summed E-state index contributed by atoms with van der Waals surface area (Å²) in [4.78, 5) is -0.0781. The monoisotopic (exact) mass is 327 g/mol. The number of hydrogen-bond donors (Lipinski definition) is 2. The number of aromatic nitrogens is 1. The minimum Gasteiger partial charge on any atom is -0.346 e. The third kappa shape index (κ3) is 5.01. The van der Waals surface area contributed by atoms with Gasteiger partial charge in [0.15, 0.2) is 0 Å². The van der Waals surface area contributed by atoms with Gasteiger partial charge in [-0.3, -0.25) is 0 Å². The molecule has 1 aromatic heterocycles. The van der Waals surface area contributed by atoms with E-state index in [-0.39, 0.29) is 17.5 Å². The van der Waals surface area contributed by atoms with E-state index in [4.69, 9.17) is 5.73 Å². The number of alkyl halides is 3. The molecule has 1 atom stereocenters. The summed E-state index contributed by atoms with van der Waals surface area (Å²) < 4.78 is 64.7. The lowest BCUT2D eigenvalue weighted by atomic mass is 10.2. The zero-order chi connectivity index (χ0) is 16.4. The molecule has 1 heterocycles. The average Bonchev–Trinajstić information content (AvgIpc) is 2.69. The molecular weight excluding hydrogens is 307 g/mol. The second-order valence-electron chi connectivity index (χ2n) is 5.21. The quantitative estimate of drug-likeness (QED) is 0.840. The van der Waals surface area contributed by atoms with Crippen LogP contribution in [0.15, 0.2) is 17.2 Å². The predicted octanol–water partition coefficient (Wildman–Crippen LogP) is 2.15. The summed E-state index contributed by atoms with van der Waals surface area (Å²) in [5, 5.41) is 0. The molecule has 122 valence electrons. The summed E-state index contributed by atoms with van der Waals surface area (Å²) in [6, 6.07) is 0.140. The molecule has 1 rings (SSSR count). The molecule has 0 radical (unpaired) electrons. The highest BCUT2D eigenvalue weighted by molar-refractivity contribution is 7.89. The Hall–Kier alpha value is -1.06. The number of sulfonamides is 1. The molecule has 0 aliphatic carbocycles. The Morgan fingerprint density at radius 3 is 2.29 bits per heavy atom.